The summed E-state index contributed by atoms with van der Waals surface area (Å²) in [5, 5.41) is 3.42. The maximum atomic E-state index is 4.54. The van der Waals surface area contributed by atoms with E-state index in [1.807, 2.05) is 12.4 Å². The quantitative estimate of drug-likeness (QED) is 0.886. The van der Waals surface area contributed by atoms with Crippen LogP contribution in [0.15, 0.2) is 12.4 Å². The van der Waals surface area contributed by atoms with Crippen LogP contribution in [-0.2, 0) is 6.42 Å². The van der Waals surface area contributed by atoms with Crippen molar-refractivity contribution in [3.8, 4) is 0 Å². The van der Waals surface area contributed by atoms with Crippen LogP contribution in [0, 0.1) is 5.92 Å². The van der Waals surface area contributed by atoms with Crippen molar-refractivity contribution in [2.45, 2.75) is 39.7 Å². The number of piperazine rings is 1. The molecule has 4 heteroatoms. The van der Waals surface area contributed by atoms with E-state index < -0.39 is 0 Å². The fraction of sp³-hybridized carbons (Fsp3) is 0.714. The third-order valence-corrected chi connectivity index (χ3v) is 3.38. The van der Waals surface area contributed by atoms with Crippen molar-refractivity contribution in [3.05, 3.63) is 18.0 Å². The summed E-state index contributed by atoms with van der Waals surface area (Å²) in [5.74, 6) is 1.50. The number of hydrogen-bond donors (Lipinski definition) is 1. The van der Waals surface area contributed by atoms with Crippen molar-refractivity contribution >= 4 is 5.95 Å². The highest BCUT2D eigenvalue weighted by Crippen LogP contribution is 2.21. The fourth-order valence-corrected chi connectivity index (χ4v) is 2.42. The van der Waals surface area contributed by atoms with Crippen LogP contribution in [-0.4, -0.2) is 35.1 Å². The largest absolute Gasteiger partial charge is 0.333 e. The minimum absolute atomic E-state index is 0.0812. The van der Waals surface area contributed by atoms with Gasteiger partial charge in [-0.05, 0) is 31.7 Å². The summed E-state index contributed by atoms with van der Waals surface area (Å²) in [6.45, 7) is 11.8. The fourth-order valence-electron chi connectivity index (χ4n) is 2.42. The molecule has 1 aromatic heterocycles. The van der Waals surface area contributed by atoms with Gasteiger partial charge in [0.25, 0.3) is 0 Å². The van der Waals surface area contributed by atoms with Crippen LogP contribution in [0.5, 0.6) is 0 Å². The Morgan fingerprint density at radius 3 is 2.56 bits per heavy atom. The Kier molecular flexibility index (Phi) is 3.85. The molecule has 18 heavy (non-hydrogen) atoms. The summed E-state index contributed by atoms with van der Waals surface area (Å²) < 4.78 is 0. The topological polar surface area (TPSA) is 41.1 Å². The first-order valence-electron chi connectivity index (χ1n) is 6.78. The normalized spacial score (nSPS) is 19.3. The molecule has 1 aliphatic rings. The van der Waals surface area contributed by atoms with Gasteiger partial charge in [-0.25, -0.2) is 9.97 Å². The van der Waals surface area contributed by atoms with Gasteiger partial charge in [-0.3, -0.25) is 0 Å². The lowest BCUT2D eigenvalue weighted by Gasteiger charge is -2.42. The third kappa shape index (κ3) is 2.99. The van der Waals surface area contributed by atoms with Crippen molar-refractivity contribution in [3.63, 3.8) is 0 Å². The summed E-state index contributed by atoms with van der Waals surface area (Å²) in [7, 11) is 0. The van der Waals surface area contributed by atoms with Gasteiger partial charge in [-0.1, -0.05) is 13.8 Å². The first-order valence-corrected chi connectivity index (χ1v) is 6.78. The van der Waals surface area contributed by atoms with Crippen LogP contribution >= 0.6 is 0 Å². The number of nitrogens with one attached hydrogen (secondary N) is 1. The zero-order valence-electron chi connectivity index (χ0n) is 11.9. The van der Waals surface area contributed by atoms with E-state index >= 15 is 0 Å². The second-order valence-electron chi connectivity index (χ2n) is 6.13. The molecule has 1 aromatic rings. The number of nitrogens with zero attached hydrogens (tertiary/aromatic N) is 3. The lowest BCUT2D eigenvalue weighted by atomic mass is 10.0. The minimum atomic E-state index is 0.0812. The number of hydrogen-bond acceptors (Lipinski definition) is 4. The van der Waals surface area contributed by atoms with Crippen LogP contribution in [0.2, 0.25) is 0 Å². The molecule has 1 saturated heterocycles. The molecular weight excluding hydrogens is 224 g/mol. The van der Waals surface area contributed by atoms with E-state index in [4.69, 9.17) is 0 Å². The molecule has 0 atom stereocenters. The summed E-state index contributed by atoms with van der Waals surface area (Å²) in [6, 6.07) is 0. The van der Waals surface area contributed by atoms with E-state index in [1.54, 1.807) is 0 Å². The highest BCUT2D eigenvalue weighted by molar-refractivity contribution is 5.35. The summed E-state index contributed by atoms with van der Waals surface area (Å²) in [5.41, 5.74) is 1.30. The molecule has 0 spiro atoms. The van der Waals surface area contributed by atoms with Crippen LogP contribution in [0.25, 0.3) is 0 Å². The Hall–Kier alpha value is -1.16. The van der Waals surface area contributed by atoms with E-state index in [9.17, 15) is 0 Å². The molecular formula is C14H24N4. The second kappa shape index (κ2) is 5.22. The van der Waals surface area contributed by atoms with Gasteiger partial charge in [0.05, 0.1) is 0 Å². The average molecular weight is 248 g/mol. The van der Waals surface area contributed by atoms with E-state index in [-0.39, 0.29) is 5.54 Å². The highest BCUT2D eigenvalue weighted by Gasteiger charge is 2.31. The lowest BCUT2D eigenvalue weighted by molar-refractivity contribution is 0.374. The van der Waals surface area contributed by atoms with Gasteiger partial charge in [-0.15, -0.1) is 0 Å². The SMILES string of the molecule is CC(C)Cc1cnc(N2CCNCC2(C)C)nc1. The zero-order valence-corrected chi connectivity index (χ0v) is 11.9. The van der Waals surface area contributed by atoms with Crippen molar-refractivity contribution < 1.29 is 0 Å². The lowest BCUT2D eigenvalue weighted by Crippen LogP contribution is -2.58. The molecule has 0 aliphatic carbocycles. The van der Waals surface area contributed by atoms with Gasteiger partial charge >= 0.3 is 0 Å². The molecule has 100 valence electrons. The maximum absolute atomic E-state index is 4.54. The maximum Gasteiger partial charge on any atom is 0.225 e. The standard InChI is InChI=1S/C14H24N4/c1-11(2)7-12-8-16-13(17-9-12)18-6-5-15-10-14(18,3)4/h8-9,11,15H,5-7,10H2,1-4H3. The summed E-state index contributed by atoms with van der Waals surface area (Å²) in [6.07, 6.45) is 4.99. The molecule has 1 aliphatic heterocycles. The number of aromatic nitrogens is 2. The summed E-state index contributed by atoms with van der Waals surface area (Å²) in [4.78, 5) is 11.4. The smallest absolute Gasteiger partial charge is 0.225 e. The molecule has 0 unspecified atom stereocenters. The monoisotopic (exact) mass is 248 g/mol. The molecule has 4 nitrogen and oxygen atoms in total. The predicted molar refractivity (Wildman–Crippen MR) is 74.9 cm³/mol. The molecule has 0 aromatic carbocycles. The van der Waals surface area contributed by atoms with Crippen LogP contribution in [0.4, 0.5) is 5.95 Å². The Bertz CT molecular complexity index is 383. The van der Waals surface area contributed by atoms with Gasteiger partial charge in [0, 0.05) is 37.6 Å². The number of anilines is 1. The Balaban J connectivity index is 2.13. The molecule has 1 fully saturated rings. The van der Waals surface area contributed by atoms with Crippen LogP contribution in [0.1, 0.15) is 33.3 Å². The van der Waals surface area contributed by atoms with E-state index in [2.05, 4.69) is 47.9 Å². The molecule has 1 N–H and O–H groups in total. The van der Waals surface area contributed by atoms with E-state index in [0.29, 0.717) is 5.92 Å². The van der Waals surface area contributed by atoms with Gasteiger partial charge in [0.2, 0.25) is 5.95 Å². The Morgan fingerprint density at radius 2 is 2.00 bits per heavy atom. The van der Waals surface area contributed by atoms with Crippen LogP contribution in [0.3, 0.4) is 0 Å². The Labute approximate surface area is 110 Å². The highest BCUT2D eigenvalue weighted by atomic mass is 15.3. The van der Waals surface area contributed by atoms with Gasteiger partial charge in [-0.2, -0.15) is 0 Å². The third-order valence-electron chi connectivity index (χ3n) is 3.38. The molecule has 2 rings (SSSR count). The molecule has 0 amide bonds. The molecule has 2 heterocycles. The van der Waals surface area contributed by atoms with Crippen molar-refractivity contribution in [1.82, 2.24) is 15.3 Å². The van der Waals surface area contributed by atoms with Crippen LogP contribution < -0.4 is 10.2 Å². The predicted octanol–water partition coefficient (Wildman–Crippen LogP) is 1.86. The van der Waals surface area contributed by atoms with Gasteiger partial charge < -0.3 is 10.2 Å². The van der Waals surface area contributed by atoms with E-state index in [1.165, 1.54) is 5.56 Å². The minimum Gasteiger partial charge on any atom is -0.333 e. The molecule has 0 saturated carbocycles. The Morgan fingerprint density at radius 1 is 1.33 bits per heavy atom. The first kappa shape index (κ1) is 13.3. The second-order valence-corrected chi connectivity index (χ2v) is 6.13. The van der Waals surface area contributed by atoms with Gasteiger partial charge in [0.1, 0.15) is 0 Å². The first-order chi connectivity index (χ1) is 8.49. The zero-order chi connectivity index (χ0) is 13.2. The molecule has 0 bridgehead atoms. The number of rotatable bonds is 3. The van der Waals surface area contributed by atoms with Crippen molar-refractivity contribution in [2.24, 2.45) is 5.92 Å². The average Bonchev–Trinajstić information content (AvgIpc) is 2.29. The molecule has 0 radical (unpaired) electrons. The summed E-state index contributed by atoms with van der Waals surface area (Å²) >= 11 is 0. The van der Waals surface area contributed by atoms with E-state index in [0.717, 1.165) is 32.0 Å². The van der Waals surface area contributed by atoms with Crippen molar-refractivity contribution in [2.75, 3.05) is 24.5 Å². The van der Waals surface area contributed by atoms with Gasteiger partial charge in [0.15, 0.2) is 0 Å². The van der Waals surface area contributed by atoms with Crippen molar-refractivity contribution in [1.29, 1.82) is 0 Å².